The highest BCUT2D eigenvalue weighted by Gasteiger charge is 2.10. The number of halogens is 1. The number of unbranched alkanes of at least 4 members (excludes halogenated alkanes) is 3. The highest BCUT2D eigenvalue weighted by Crippen LogP contribution is 2.26. The first-order chi connectivity index (χ1) is 9.20. The Morgan fingerprint density at radius 2 is 2.05 bits per heavy atom. The van der Waals surface area contributed by atoms with Gasteiger partial charge in [-0.15, -0.1) is 0 Å². The van der Waals surface area contributed by atoms with Gasteiger partial charge < -0.3 is 9.73 Å². The summed E-state index contributed by atoms with van der Waals surface area (Å²) in [6, 6.07) is 8.52. The molecule has 1 atom stereocenters. The van der Waals surface area contributed by atoms with Crippen molar-refractivity contribution in [3.63, 3.8) is 0 Å². The number of hydrogen-bond acceptors (Lipinski definition) is 2. The maximum atomic E-state index is 5.88. The van der Waals surface area contributed by atoms with Gasteiger partial charge in [-0.1, -0.05) is 42.1 Å². The molecule has 1 unspecified atom stereocenters. The van der Waals surface area contributed by atoms with Crippen molar-refractivity contribution in [1.29, 1.82) is 0 Å². The number of nitrogens with one attached hydrogen (secondary N) is 1. The standard InChI is InChI=1S/C16H22BrNO/c1-3-4-5-6-9-18-12(2)16-11-13-10-14(17)7-8-15(13)19-16/h7-8,10-12,18H,3-6,9H2,1-2H3. The summed E-state index contributed by atoms with van der Waals surface area (Å²) in [5.41, 5.74) is 0.956. The Kier molecular flexibility index (Phi) is 5.46. The third kappa shape index (κ3) is 4.08. The van der Waals surface area contributed by atoms with Gasteiger partial charge in [-0.2, -0.15) is 0 Å². The molecule has 104 valence electrons. The lowest BCUT2D eigenvalue weighted by Gasteiger charge is -2.10. The second kappa shape index (κ2) is 7.11. The molecule has 1 heterocycles. The quantitative estimate of drug-likeness (QED) is 0.687. The summed E-state index contributed by atoms with van der Waals surface area (Å²) >= 11 is 3.49. The number of fused-ring (bicyclic) bond motifs is 1. The molecule has 0 amide bonds. The van der Waals surface area contributed by atoms with Crippen molar-refractivity contribution in [1.82, 2.24) is 5.32 Å². The Bertz CT molecular complexity index is 520. The van der Waals surface area contributed by atoms with Crippen LogP contribution in [0.1, 0.15) is 51.3 Å². The van der Waals surface area contributed by atoms with Gasteiger partial charge >= 0.3 is 0 Å². The van der Waals surface area contributed by atoms with E-state index >= 15 is 0 Å². The van der Waals surface area contributed by atoms with Crippen LogP contribution in [0.5, 0.6) is 0 Å². The lowest BCUT2D eigenvalue weighted by atomic mass is 10.2. The molecule has 0 radical (unpaired) electrons. The maximum absolute atomic E-state index is 5.88. The van der Waals surface area contributed by atoms with Crippen LogP contribution in [-0.4, -0.2) is 6.54 Å². The minimum Gasteiger partial charge on any atom is -0.459 e. The van der Waals surface area contributed by atoms with Crippen molar-refractivity contribution in [2.45, 2.75) is 45.6 Å². The highest BCUT2D eigenvalue weighted by atomic mass is 79.9. The zero-order chi connectivity index (χ0) is 13.7. The number of hydrogen-bond donors (Lipinski definition) is 1. The fraction of sp³-hybridized carbons (Fsp3) is 0.500. The molecular weight excluding hydrogens is 302 g/mol. The molecule has 3 heteroatoms. The molecule has 0 aliphatic heterocycles. The first-order valence-corrected chi connectivity index (χ1v) is 7.92. The van der Waals surface area contributed by atoms with Crippen LogP contribution < -0.4 is 5.32 Å². The predicted octanol–water partition coefficient (Wildman–Crippen LogP) is 5.43. The van der Waals surface area contributed by atoms with Gasteiger partial charge in [0.25, 0.3) is 0 Å². The summed E-state index contributed by atoms with van der Waals surface area (Å²) in [6.07, 6.45) is 5.16. The molecule has 0 aliphatic carbocycles. The van der Waals surface area contributed by atoms with Gasteiger partial charge in [-0.05, 0) is 44.2 Å². The minimum atomic E-state index is 0.271. The molecule has 2 nitrogen and oxygen atoms in total. The summed E-state index contributed by atoms with van der Waals surface area (Å²) in [7, 11) is 0. The number of benzene rings is 1. The summed E-state index contributed by atoms with van der Waals surface area (Å²) in [5.74, 6) is 1.02. The van der Waals surface area contributed by atoms with Crippen molar-refractivity contribution < 1.29 is 4.42 Å². The van der Waals surface area contributed by atoms with E-state index < -0.39 is 0 Å². The summed E-state index contributed by atoms with van der Waals surface area (Å²) in [5, 5.41) is 4.68. The van der Waals surface area contributed by atoms with Gasteiger partial charge in [0.05, 0.1) is 6.04 Å². The molecule has 2 aromatic rings. The van der Waals surface area contributed by atoms with E-state index in [0.29, 0.717) is 0 Å². The van der Waals surface area contributed by atoms with Crippen LogP contribution in [0.25, 0.3) is 11.0 Å². The molecule has 2 rings (SSSR count). The fourth-order valence-electron chi connectivity index (χ4n) is 2.22. The first-order valence-electron chi connectivity index (χ1n) is 7.13. The zero-order valence-corrected chi connectivity index (χ0v) is 13.3. The lowest BCUT2D eigenvalue weighted by molar-refractivity contribution is 0.444. The van der Waals surface area contributed by atoms with Gasteiger partial charge in [0.2, 0.25) is 0 Å². The summed E-state index contributed by atoms with van der Waals surface area (Å²) < 4.78 is 6.97. The topological polar surface area (TPSA) is 25.2 Å². The Morgan fingerprint density at radius 3 is 2.84 bits per heavy atom. The number of furan rings is 1. The first kappa shape index (κ1) is 14.6. The molecule has 0 saturated heterocycles. The summed E-state index contributed by atoms with van der Waals surface area (Å²) in [4.78, 5) is 0. The molecule has 0 bridgehead atoms. The van der Waals surface area contributed by atoms with Crippen LogP contribution in [0.15, 0.2) is 33.2 Å². The summed E-state index contributed by atoms with van der Waals surface area (Å²) in [6.45, 7) is 5.46. The highest BCUT2D eigenvalue weighted by molar-refractivity contribution is 9.10. The van der Waals surface area contributed by atoms with Crippen LogP contribution in [0.2, 0.25) is 0 Å². The Hall–Kier alpha value is -0.800. The fourth-order valence-corrected chi connectivity index (χ4v) is 2.60. The van der Waals surface area contributed by atoms with E-state index in [1.807, 2.05) is 12.1 Å². The second-order valence-corrected chi connectivity index (χ2v) is 5.98. The largest absolute Gasteiger partial charge is 0.459 e. The molecule has 0 aliphatic rings. The SMILES string of the molecule is CCCCCCNC(C)c1cc2cc(Br)ccc2o1. The van der Waals surface area contributed by atoms with Crippen LogP contribution in [0, 0.1) is 0 Å². The van der Waals surface area contributed by atoms with E-state index in [4.69, 9.17) is 4.42 Å². The van der Waals surface area contributed by atoms with Crippen LogP contribution in [0.3, 0.4) is 0 Å². The van der Waals surface area contributed by atoms with E-state index in [0.717, 1.165) is 27.7 Å². The zero-order valence-electron chi connectivity index (χ0n) is 11.7. The number of rotatable bonds is 7. The molecular formula is C16H22BrNO. The third-order valence-electron chi connectivity index (χ3n) is 3.41. The molecule has 0 saturated carbocycles. The second-order valence-electron chi connectivity index (χ2n) is 5.07. The van der Waals surface area contributed by atoms with Gasteiger partial charge in [-0.25, -0.2) is 0 Å². The van der Waals surface area contributed by atoms with E-state index in [1.54, 1.807) is 0 Å². The van der Waals surface area contributed by atoms with Crippen molar-refractivity contribution in [2.24, 2.45) is 0 Å². The van der Waals surface area contributed by atoms with E-state index in [1.165, 1.54) is 25.7 Å². The van der Waals surface area contributed by atoms with Gasteiger partial charge in [0, 0.05) is 9.86 Å². The van der Waals surface area contributed by atoms with Gasteiger partial charge in [-0.3, -0.25) is 0 Å². The average molecular weight is 324 g/mol. The van der Waals surface area contributed by atoms with Crippen LogP contribution >= 0.6 is 15.9 Å². The van der Waals surface area contributed by atoms with Crippen molar-refractivity contribution in [3.8, 4) is 0 Å². The van der Waals surface area contributed by atoms with Crippen molar-refractivity contribution >= 4 is 26.9 Å². The maximum Gasteiger partial charge on any atom is 0.134 e. The minimum absolute atomic E-state index is 0.271. The predicted molar refractivity (Wildman–Crippen MR) is 84.5 cm³/mol. The molecule has 0 spiro atoms. The Morgan fingerprint density at radius 1 is 1.21 bits per heavy atom. The molecule has 1 aromatic heterocycles. The van der Waals surface area contributed by atoms with Gasteiger partial charge in [0.15, 0.2) is 0 Å². The van der Waals surface area contributed by atoms with E-state index in [-0.39, 0.29) is 6.04 Å². The monoisotopic (exact) mass is 323 g/mol. The third-order valence-corrected chi connectivity index (χ3v) is 3.90. The molecule has 19 heavy (non-hydrogen) atoms. The lowest BCUT2D eigenvalue weighted by Crippen LogP contribution is -2.19. The molecule has 1 aromatic carbocycles. The normalized spacial score (nSPS) is 13.0. The molecule has 1 N–H and O–H groups in total. The van der Waals surface area contributed by atoms with E-state index in [2.05, 4.69) is 47.2 Å². The van der Waals surface area contributed by atoms with Crippen molar-refractivity contribution in [2.75, 3.05) is 6.54 Å². The van der Waals surface area contributed by atoms with Gasteiger partial charge in [0.1, 0.15) is 11.3 Å². The van der Waals surface area contributed by atoms with Crippen LogP contribution in [-0.2, 0) is 0 Å². The van der Waals surface area contributed by atoms with Crippen molar-refractivity contribution in [3.05, 3.63) is 34.5 Å². The Balaban J connectivity index is 1.91. The van der Waals surface area contributed by atoms with Crippen LogP contribution in [0.4, 0.5) is 0 Å². The average Bonchev–Trinajstić information content (AvgIpc) is 2.81. The Labute approximate surface area is 123 Å². The smallest absolute Gasteiger partial charge is 0.134 e. The van der Waals surface area contributed by atoms with E-state index in [9.17, 15) is 0 Å². The molecule has 0 fully saturated rings.